The molecule has 2 aromatic rings. The number of nitriles is 1. The molecule has 0 unspecified atom stereocenters. The minimum atomic E-state index is -0.290. The summed E-state index contributed by atoms with van der Waals surface area (Å²) < 4.78 is 0. The van der Waals surface area contributed by atoms with Gasteiger partial charge in [0.05, 0.1) is 0 Å². The Morgan fingerprint density at radius 2 is 2.00 bits per heavy atom. The number of H-pyrrole nitrogens is 1. The van der Waals surface area contributed by atoms with Crippen molar-refractivity contribution < 1.29 is 32.7 Å². The van der Waals surface area contributed by atoms with Gasteiger partial charge in [-0.05, 0) is 5.52 Å². The van der Waals surface area contributed by atoms with E-state index < -0.39 is 0 Å². The first-order valence-corrected chi connectivity index (χ1v) is 4.37. The average Bonchev–Trinajstić information content (AvgIpc) is 2.24. The van der Waals surface area contributed by atoms with Crippen LogP contribution in [0.25, 0.3) is 10.9 Å². The largest absolute Gasteiger partial charge is 0.372 e. The van der Waals surface area contributed by atoms with Crippen LogP contribution in [0, 0.1) is 25.2 Å². The van der Waals surface area contributed by atoms with Gasteiger partial charge < -0.3 is 9.78 Å². The van der Waals surface area contributed by atoms with Crippen molar-refractivity contribution in [3.05, 3.63) is 59.1 Å². The van der Waals surface area contributed by atoms with Crippen molar-refractivity contribution in [1.82, 2.24) is 4.98 Å². The van der Waals surface area contributed by atoms with Crippen molar-refractivity contribution >= 4 is 10.9 Å². The summed E-state index contributed by atoms with van der Waals surface area (Å²) in [5, 5.41) is 9.18. The number of aromatic nitrogens is 1. The summed E-state index contributed by atoms with van der Waals surface area (Å²) in [5.41, 5.74) is 1.75. The second-order valence-corrected chi connectivity index (χ2v) is 3.27. The predicted molar refractivity (Wildman–Crippen MR) is 58.2 cm³/mol. The van der Waals surface area contributed by atoms with Crippen LogP contribution >= 0.6 is 0 Å². The molecule has 1 N–H and O–H groups in total. The second-order valence-electron chi connectivity index (χ2n) is 3.27. The maximum Gasteiger partial charge on any atom is 0.141 e. The Bertz CT molecular complexity index is 638. The van der Waals surface area contributed by atoms with Gasteiger partial charge in [-0.15, -0.1) is 11.5 Å². The molecule has 1 radical (unpaired) electrons. The SMILES string of the molecule is [CH2-]c1ccc2[nH]cc(C#N)c(=O)c2c1[CH2-].[Y]. The summed E-state index contributed by atoms with van der Waals surface area (Å²) in [6, 6.07) is 5.39. The van der Waals surface area contributed by atoms with Crippen LogP contribution in [0.5, 0.6) is 0 Å². The molecule has 16 heavy (non-hydrogen) atoms. The zero-order valence-electron chi connectivity index (χ0n) is 8.58. The predicted octanol–water partition coefficient (Wildman–Crippen LogP) is 1.76. The summed E-state index contributed by atoms with van der Waals surface area (Å²) in [5.74, 6) is 0. The van der Waals surface area contributed by atoms with Crippen molar-refractivity contribution in [2.24, 2.45) is 0 Å². The molecule has 1 heterocycles. The average molecular weight is 285 g/mol. The summed E-state index contributed by atoms with van der Waals surface area (Å²) in [6.45, 7) is 7.56. The van der Waals surface area contributed by atoms with Crippen LogP contribution in [0.1, 0.15) is 16.7 Å². The van der Waals surface area contributed by atoms with Crippen molar-refractivity contribution in [3.8, 4) is 6.07 Å². The van der Waals surface area contributed by atoms with E-state index in [0.717, 1.165) is 0 Å². The molecule has 0 aliphatic carbocycles. The van der Waals surface area contributed by atoms with Gasteiger partial charge >= 0.3 is 0 Å². The third-order valence-corrected chi connectivity index (χ3v) is 2.37. The fraction of sp³-hybridized carbons (Fsp3) is 0. The number of hydrogen-bond acceptors (Lipinski definition) is 2. The Hall–Kier alpha value is -1.24. The normalized spacial score (nSPS) is 9.44. The van der Waals surface area contributed by atoms with Crippen LogP contribution in [0.15, 0.2) is 23.1 Å². The van der Waals surface area contributed by atoms with E-state index in [9.17, 15) is 4.79 Å². The van der Waals surface area contributed by atoms with Gasteiger partial charge in [0.1, 0.15) is 17.1 Å². The Morgan fingerprint density at radius 1 is 1.31 bits per heavy atom. The van der Waals surface area contributed by atoms with Crippen LogP contribution in [0.3, 0.4) is 0 Å². The van der Waals surface area contributed by atoms with Gasteiger partial charge in [0.15, 0.2) is 0 Å². The van der Waals surface area contributed by atoms with Gasteiger partial charge in [-0.2, -0.15) is 5.26 Å². The Kier molecular flexibility index (Phi) is 3.80. The second kappa shape index (κ2) is 4.73. The molecule has 1 aromatic heterocycles. The van der Waals surface area contributed by atoms with Crippen LogP contribution in [-0.4, -0.2) is 4.98 Å². The molecule has 0 atom stereocenters. The number of pyridine rings is 1. The van der Waals surface area contributed by atoms with Crippen molar-refractivity contribution in [2.45, 2.75) is 0 Å². The van der Waals surface area contributed by atoms with Gasteiger partial charge in [-0.3, -0.25) is 25.0 Å². The smallest absolute Gasteiger partial charge is 0.141 e. The van der Waals surface area contributed by atoms with Gasteiger partial charge in [-0.25, -0.2) is 6.07 Å². The number of rotatable bonds is 0. The number of fused-ring (bicyclic) bond motifs is 1. The zero-order chi connectivity index (χ0) is 11.0. The molecule has 0 aliphatic rings. The quantitative estimate of drug-likeness (QED) is 0.750. The first kappa shape index (κ1) is 12.8. The summed E-state index contributed by atoms with van der Waals surface area (Å²) >= 11 is 0. The molecule has 0 amide bonds. The number of hydrogen-bond donors (Lipinski definition) is 1. The maximum atomic E-state index is 11.8. The maximum absolute atomic E-state index is 11.8. The van der Waals surface area contributed by atoms with Crippen LogP contribution in [0.2, 0.25) is 0 Å². The topological polar surface area (TPSA) is 56.6 Å². The molecule has 1 aromatic carbocycles. The molecule has 4 heteroatoms. The van der Waals surface area contributed by atoms with E-state index in [1.54, 1.807) is 12.1 Å². The monoisotopic (exact) mass is 285 g/mol. The van der Waals surface area contributed by atoms with E-state index in [4.69, 9.17) is 5.26 Å². The summed E-state index contributed by atoms with van der Waals surface area (Å²) in [7, 11) is 0. The van der Waals surface area contributed by atoms with Crippen LogP contribution in [0.4, 0.5) is 0 Å². The van der Waals surface area contributed by atoms with Crippen LogP contribution in [-0.2, 0) is 32.7 Å². The van der Waals surface area contributed by atoms with E-state index in [1.165, 1.54) is 6.20 Å². The van der Waals surface area contributed by atoms with E-state index in [-0.39, 0.29) is 43.7 Å². The molecule has 77 valence electrons. The molecule has 0 aliphatic heterocycles. The molecule has 0 saturated heterocycles. The number of nitrogens with zero attached hydrogens (tertiary/aromatic N) is 1. The third kappa shape index (κ3) is 1.87. The van der Waals surface area contributed by atoms with E-state index in [0.29, 0.717) is 22.0 Å². The minimum absolute atomic E-state index is 0. The van der Waals surface area contributed by atoms with E-state index in [2.05, 4.69) is 18.8 Å². The summed E-state index contributed by atoms with van der Waals surface area (Å²) in [6.07, 6.45) is 1.41. The fourth-order valence-corrected chi connectivity index (χ4v) is 1.50. The van der Waals surface area contributed by atoms with Crippen LogP contribution < -0.4 is 5.43 Å². The van der Waals surface area contributed by atoms with Gasteiger partial charge in [-0.1, -0.05) is 0 Å². The molecule has 0 fully saturated rings. The van der Waals surface area contributed by atoms with Gasteiger partial charge in [0, 0.05) is 38.9 Å². The first-order chi connectivity index (χ1) is 7.15. The minimum Gasteiger partial charge on any atom is -0.372 e. The summed E-state index contributed by atoms with van der Waals surface area (Å²) in [4.78, 5) is 14.7. The molecule has 0 spiro atoms. The molecule has 0 bridgehead atoms. The molecule has 0 saturated carbocycles. The zero-order valence-corrected chi connectivity index (χ0v) is 11.4. The van der Waals surface area contributed by atoms with Crippen molar-refractivity contribution in [2.75, 3.05) is 0 Å². The Balaban J connectivity index is 0.00000128. The third-order valence-electron chi connectivity index (χ3n) is 2.37. The van der Waals surface area contributed by atoms with E-state index in [1.807, 2.05) is 6.07 Å². The number of benzene rings is 1. The number of aromatic amines is 1. The van der Waals surface area contributed by atoms with Gasteiger partial charge in [0.25, 0.3) is 0 Å². The van der Waals surface area contributed by atoms with Crippen molar-refractivity contribution in [1.29, 1.82) is 5.26 Å². The van der Waals surface area contributed by atoms with E-state index >= 15 is 0 Å². The molecule has 3 nitrogen and oxygen atoms in total. The number of nitrogens with one attached hydrogen (secondary N) is 1. The Morgan fingerprint density at radius 3 is 2.62 bits per heavy atom. The molecular formula is C12H8N2OY-2. The Labute approximate surface area is 118 Å². The first-order valence-electron chi connectivity index (χ1n) is 4.37. The molecular weight excluding hydrogens is 277 g/mol. The standard InChI is InChI=1S/C12H8N2O.Y/c1-7-3-4-10-11(8(7)2)12(15)9(5-13)6-14-10;/h3-4,6H,1-2H2,(H,14,15);/q-2;. The van der Waals surface area contributed by atoms with Crippen molar-refractivity contribution in [3.63, 3.8) is 0 Å². The molecule has 2 rings (SSSR count). The fourth-order valence-electron chi connectivity index (χ4n) is 1.50. The van der Waals surface area contributed by atoms with Gasteiger partial charge in [0.2, 0.25) is 0 Å².